The number of esters is 1. The number of ether oxygens (including phenoxy) is 1. The van der Waals surface area contributed by atoms with Gasteiger partial charge in [0.15, 0.2) is 11.9 Å². The van der Waals surface area contributed by atoms with Gasteiger partial charge in [0.05, 0.1) is 12.1 Å². The summed E-state index contributed by atoms with van der Waals surface area (Å²) in [6.07, 6.45) is 5.45. The summed E-state index contributed by atoms with van der Waals surface area (Å²) in [7, 11) is 0. The summed E-state index contributed by atoms with van der Waals surface area (Å²) in [6.45, 7) is 6.51. The topological polar surface area (TPSA) is 76.2 Å². The van der Waals surface area contributed by atoms with Gasteiger partial charge in [-0.05, 0) is 52.0 Å². The van der Waals surface area contributed by atoms with E-state index in [0.29, 0.717) is 28.9 Å². The highest BCUT2D eigenvalue weighted by Crippen LogP contribution is 2.23. The lowest BCUT2D eigenvalue weighted by molar-refractivity contribution is -0.147. The molecule has 0 saturated heterocycles. The third-order valence-electron chi connectivity index (χ3n) is 4.25. The lowest BCUT2D eigenvalue weighted by Gasteiger charge is -2.13. The molecule has 1 aliphatic rings. The van der Waals surface area contributed by atoms with Crippen molar-refractivity contribution in [3.05, 3.63) is 34.7 Å². The number of rotatable bonds is 6. The maximum absolute atomic E-state index is 12.5. The number of carbonyl (C=O) groups excluding carboxylic acids is 3. The zero-order chi connectivity index (χ0) is 17.1. The molecule has 0 bridgehead atoms. The van der Waals surface area contributed by atoms with Crippen molar-refractivity contribution in [1.29, 1.82) is 0 Å². The van der Waals surface area contributed by atoms with Crippen LogP contribution >= 0.6 is 0 Å². The SMILES string of the molecule is CC(=O)c1c(C)[nH]c(C(=O)[C@@H](C)OC(=O)C[C@@H]2C=CCC2)c1C. The Hall–Kier alpha value is -2.17. The largest absolute Gasteiger partial charge is 0.454 e. The minimum atomic E-state index is -0.871. The number of aromatic amines is 1. The Morgan fingerprint density at radius 3 is 2.57 bits per heavy atom. The van der Waals surface area contributed by atoms with Crippen LogP contribution in [0.5, 0.6) is 0 Å². The van der Waals surface area contributed by atoms with E-state index in [1.54, 1.807) is 20.8 Å². The minimum Gasteiger partial charge on any atom is -0.454 e. The Bertz CT molecular complexity index is 669. The van der Waals surface area contributed by atoms with Crippen LogP contribution < -0.4 is 0 Å². The molecule has 1 N–H and O–H groups in total. The molecule has 0 saturated carbocycles. The van der Waals surface area contributed by atoms with Crippen LogP contribution in [0.25, 0.3) is 0 Å². The average molecular weight is 317 g/mol. The molecule has 1 aliphatic carbocycles. The van der Waals surface area contributed by atoms with Crippen molar-refractivity contribution in [3.63, 3.8) is 0 Å². The van der Waals surface area contributed by atoms with Crippen LogP contribution in [0.3, 0.4) is 0 Å². The number of aromatic nitrogens is 1. The van der Waals surface area contributed by atoms with Crippen molar-refractivity contribution in [2.24, 2.45) is 5.92 Å². The smallest absolute Gasteiger partial charge is 0.307 e. The van der Waals surface area contributed by atoms with Gasteiger partial charge in [-0.25, -0.2) is 0 Å². The van der Waals surface area contributed by atoms with E-state index in [1.165, 1.54) is 6.92 Å². The van der Waals surface area contributed by atoms with Gasteiger partial charge in [0.2, 0.25) is 5.78 Å². The van der Waals surface area contributed by atoms with E-state index in [1.807, 2.05) is 6.08 Å². The summed E-state index contributed by atoms with van der Waals surface area (Å²) in [6, 6.07) is 0. The number of hydrogen-bond donors (Lipinski definition) is 1. The summed E-state index contributed by atoms with van der Waals surface area (Å²) >= 11 is 0. The molecule has 23 heavy (non-hydrogen) atoms. The Labute approximate surface area is 136 Å². The zero-order valence-electron chi connectivity index (χ0n) is 14.1. The molecule has 0 radical (unpaired) electrons. The molecule has 0 aromatic carbocycles. The summed E-state index contributed by atoms with van der Waals surface area (Å²) < 4.78 is 5.27. The van der Waals surface area contributed by atoms with Gasteiger partial charge < -0.3 is 9.72 Å². The molecule has 1 heterocycles. The van der Waals surface area contributed by atoms with Gasteiger partial charge in [0.25, 0.3) is 0 Å². The van der Waals surface area contributed by atoms with Gasteiger partial charge in [0, 0.05) is 11.3 Å². The number of hydrogen-bond acceptors (Lipinski definition) is 4. The first kappa shape index (κ1) is 17.2. The summed E-state index contributed by atoms with van der Waals surface area (Å²) in [5.41, 5.74) is 2.14. The van der Waals surface area contributed by atoms with Crippen LogP contribution in [0, 0.1) is 19.8 Å². The quantitative estimate of drug-likeness (QED) is 0.496. The van der Waals surface area contributed by atoms with Crippen LogP contribution in [0.4, 0.5) is 0 Å². The fourth-order valence-electron chi connectivity index (χ4n) is 3.11. The van der Waals surface area contributed by atoms with Gasteiger partial charge in [-0.3, -0.25) is 14.4 Å². The van der Waals surface area contributed by atoms with Gasteiger partial charge in [-0.2, -0.15) is 0 Å². The van der Waals surface area contributed by atoms with E-state index in [0.717, 1.165) is 12.8 Å². The third kappa shape index (κ3) is 3.78. The molecule has 0 unspecified atom stereocenters. The van der Waals surface area contributed by atoms with E-state index in [4.69, 9.17) is 4.74 Å². The second kappa shape index (κ2) is 6.94. The molecular weight excluding hydrogens is 294 g/mol. The van der Waals surface area contributed by atoms with Crippen molar-refractivity contribution in [3.8, 4) is 0 Å². The lowest BCUT2D eigenvalue weighted by Crippen LogP contribution is -2.26. The Morgan fingerprint density at radius 1 is 1.35 bits per heavy atom. The predicted molar refractivity (Wildman–Crippen MR) is 86.6 cm³/mol. The first-order valence-electron chi connectivity index (χ1n) is 7.91. The monoisotopic (exact) mass is 317 g/mol. The highest BCUT2D eigenvalue weighted by atomic mass is 16.5. The van der Waals surface area contributed by atoms with Gasteiger partial charge >= 0.3 is 5.97 Å². The number of allylic oxidation sites excluding steroid dienone is 2. The molecule has 0 spiro atoms. The van der Waals surface area contributed by atoms with E-state index >= 15 is 0 Å². The molecule has 2 atom stereocenters. The number of ketones is 2. The van der Waals surface area contributed by atoms with Crippen molar-refractivity contribution >= 4 is 17.5 Å². The molecule has 5 nitrogen and oxygen atoms in total. The Morgan fingerprint density at radius 2 is 2.04 bits per heavy atom. The standard InChI is InChI=1S/C18H23NO4/c1-10-16(12(3)20)11(2)19-17(10)18(22)13(4)23-15(21)9-14-7-5-6-8-14/h5,7,13-14,19H,6,8-9H2,1-4H3/t13-,14-/m1/s1. The van der Waals surface area contributed by atoms with E-state index in [2.05, 4.69) is 11.1 Å². The first-order valence-corrected chi connectivity index (χ1v) is 7.91. The maximum atomic E-state index is 12.5. The molecular formula is C18H23NO4. The van der Waals surface area contributed by atoms with Crippen molar-refractivity contribution in [2.45, 2.75) is 53.1 Å². The first-order chi connectivity index (χ1) is 10.8. The number of Topliss-reactive ketones (excluding diaryl/α,β-unsaturated/α-hetero) is 2. The molecule has 0 amide bonds. The van der Waals surface area contributed by atoms with Crippen LogP contribution in [-0.2, 0) is 9.53 Å². The number of nitrogens with one attached hydrogen (secondary N) is 1. The molecule has 1 aromatic heterocycles. The summed E-state index contributed by atoms with van der Waals surface area (Å²) in [4.78, 5) is 39.0. The van der Waals surface area contributed by atoms with Crippen LogP contribution in [0.15, 0.2) is 12.2 Å². The molecule has 0 aliphatic heterocycles. The van der Waals surface area contributed by atoms with Gasteiger partial charge in [-0.15, -0.1) is 0 Å². The molecule has 124 valence electrons. The highest BCUT2D eigenvalue weighted by Gasteiger charge is 2.26. The van der Waals surface area contributed by atoms with Gasteiger partial charge in [-0.1, -0.05) is 12.2 Å². The number of H-pyrrole nitrogens is 1. The average Bonchev–Trinajstić information content (AvgIpc) is 3.05. The molecule has 0 fully saturated rings. The van der Waals surface area contributed by atoms with Crippen molar-refractivity contribution < 1.29 is 19.1 Å². The third-order valence-corrected chi connectivity index (χ3v) is 4.25. The second-order valence-corrected chi connectivity index (χ2v) is 6.15. The molecule has 5 heteroatoms. The van der Waals surface area contributed by atoms with Crippen LogP contribution in [0.1, 0.15) is 65.2 Å². The Balaban J connectivity index is 2.05. The Kier molecular flexibility index (Phi) is 5.19. The molecule has 1 aromatic rings. The number of carbonyl (C=O) groups is 3. The maximum Gasteiger partial charge on any atom is 0.307 e. The van der Waals surface area contributed by atoms with E-state index in [9.17, 15) is 14.4 Å². The molecule has 2 rings (SSSR count). The summed E-state index contributed by atoms with van der Waals surface area (Å²) in [5.74, 6) is -0.555. The highest BCUT2D eigenvalue weighted by molar-refractivity contribution is 6.05. The van der Waals surface area contributed by atoms with Crippen molar-refractivity contribution in [1.82, 2.24) is 4.98 Å². The summed E-state index contributed by atoms with van der Waals surface area (Å²) in [5, 5.41) is 0. The minimum absolute atomic E-state index is 0.0898. The number of aryl methyl sites for hydroxylation is 1. The van der Waals surface area contributed by atoms with Gasteiger partial charge in [0.1, 0.15) is 0 Å². The van der Waals surface area contributed by atoms with Crippen LogP contribution in [-0.4, -0.2) is 28.6 Å². The zero-order valence-corrected chi connectivity index (χ0v) is 14.1. The van der Waals surface area contributed by atoms with Crippen molar-refractivity contribution in [2.75, 3.05) is 0 Å². The fourth-order valence-corrected chi connectivity index (χ4v) is 3.11. The fraction of sp³-hybridized carbons (Fsp3) is 0.500. The van der Waals surface area contributed by atoms with Crippen LogP contribution in [0.2, 0.25) is 0 Å². The normalized spacial score (nSPS) is 18.0. The van der Waals surface area contributed by atoms with E-state index < -0.39 is 6.10 Å². The lowest BCUT2D eigenvalue weighted by atomic mass is 10.0. The second-order valence-electron chi connectivity index (χ2n) is 6.15. The predicted octanol–water partition coefficient (Wildman–Crippen LogP) is 3.30. The van der Waals surface area contributed by atoms with E-state index in [-0.39, 0.29) is 23.5 Å².